The molecular weight excluding hydrogens is 314 g/mol. The van der Waals surface area contributed by atoms with Gasteiger partial charge < -0.3 is 4.57 Å². The number of aldehydes is 1. The lowest BCUT2D eigenvalue weighted by Crippen LogP contribution is -2.19. The normalized spacial score (nSPS) is 12.0. The Morgan fingerprint density at radius 2 is 1.72 bits per heavy atom. The van der Waals surface area contributed by atoms with E-state index in [1.807, 2.05) is 60.8 Å². The van der Waals surface area contributed by atoms with Crippen molar-refractivity contribution in [1.29, 1.82) is 0 Å². The number of ketones is 2. The maximum atomic E-state index is 12.3. The lowest BCUT2D eigenvalue weighted by atomic mass is 10.0. The average Bonchev–Trinajstić information content (AvgIpc) is 3.00. The lowest BCUT2D eigenvalue weighted by molar-refractivity contribution is -0.117. The number of hydrogen-bond donors (Lipinski definition) is 0. The van der Waals surface area contributed by atoms with Crippen molar-refractivity contribution in [1.82, 2.24) is 4.57 Å². The maximum Gasteiger partial charge on any atom is 0.242 e. The van der Waals surface area contributed by atoms with E-state index in [1.165, 1.54) is 0 Å². The first-order chi connectivity index (χ1) is 12.1. The van der Waals surface area contributed by atoms with E-state index in [-0.39, 0.29) is 11.8 Å². The molecule has 0 aliphatic heterocycles. The van der Waals surface area contributed by atoms with Crippen molar-refractivity contribution >= 4 is 28.6 Å². The molecule has 0 aliphatic carbocycles. The molecule has 0 saturated carbocycles. The second-order valence-corrected chi connectivity index (χ2v) is 6.20. The van der Waals surface area contributed by atoms with Crippen molar-refractivity contribution in [3.8, 4) is 0 Å². The molecule has 1 heterocycles. The van der Waals surface area contributed by atoms with Crippen LogP contribution in [0.1, 0.15) is 35.4 Å². The van der Waals surface area contributed by atoms with Gasteiger partial charge in [-0.25, -0.2) is 0 Å². The fraction of sp³-hybridized carbons (Fsp3) is 0.190. The van der Waals surface area contributed by atoms with Crippen molar-refractivity contribution in [2.24, 2.45) is 0 Å². The number of benzene rings is 2. The van der Waals surface area contributed by atoms with E-state index in [9.17, 15) is 14.4 Å². The highest BCUT2D eigenvalue weighted by atomic mass is 16.2. The van der Waals surface area contributed by atoms with Crippen molar-refractivity contribution in [3.63, 3.8) is 0 Å². The molecule has 2 aromatic carbocycles. The summed E-state index contributed by atoms with van der Waals surface area (Å²) in [5, 5.41) is 1.62. The maximum absolute atomic E-state index is 12.3. The second kappa shape index (κ2) is 7.26. The van der Waals surface area contributed by atoms with Crippen LogP contribution < -0.4 is 0 Å². The number of Topliss-reactive ketones (excluding diaryl/α,β-unsaturated/α-hetero) is 2. The molecule has 0 aliphatic rings. The molecule has 0 radical (unpaired) electrons. The van der Waals surface area contributed by atoms with Gasteiger partial charge in [0.05, 0.1) is 0 Å². The summed E-state index contributed by atoms with van der Waals surface area (Å²) in [5.41, 5.74) is 1.43. The molecule has 1 unspecified atom stereocenters. The molecule has 0 N–H and O–H groups in total. The summed E-state index contributed by atoms with van der Waals surface area (Å²) in [5.74, 6) is -0.522. The van der Waals surface area contributed by atoms with Gasteiger partial charge in [0.2, 0.25) is 5.78 Å². The Labute approximate surface area is 146 Å². The zero-order chi connectivity index (χ0) is 17.8. The SMILES string of the molecule is CC(=O)CC(Cc1ccccc1)n1cc2ccccc2c1C(=O)C=O. The van der Waals surface area contributed by atoms with Gasteiger partial charge in [-0.05, 0) is 18.9 Å². The van der Waals surface area contributed by atoms with Crippen molar-refractivity contribution in [2.75, 3.05) is 0 Å². The Balaban J connectivity index is 2.12. The molecule has 0 spiro atoms. The Hall–Kier alpha value is -3.01. The summed E-state index contributed by atoms with van der Waals surface area (Å²) in [4.78, 5) is 35.3. The van der Waals surface area contributed by atoms with E-state index in [0.29, 0.717) is 24.8 Å². The molecule has 3 rings (SSSR count). The van der Waals surface area contributed by atoms with Crippen molar-refractivity contribution in [3.05, 3.63) is 72.1 Å². The molecule has 0 fully saturated rings. The van der Waals surface area contributed by atoms with Crippen LogP contribution >= 0.6 is 0 Å². The third-order valence-corrected chi connectivity index (χ3v) is 4.32. The van der Waals surface area contributed by atoms with Crippen LogP contribution in [-0.2, 0) is 16.0 Å². The second-order valence-electron chi connectivity index (χ2n) is 6.20. The predicted octanol–water partition coefficient (Wildman–Crippen LogP) is 3.79. The summed E-state index contributed by atoms with van der Waals surface area (Å²) in [7, 11) is 0. The molecule has 1 atom stereocenters. The minimum Gasteiger partial charge on any atom is -0.340 e. The summed E-state index contributed by atoms with van der Waals surface area (Å²) in [6.07, 6.45) is 3.11. The van der Waals surface area contributed by atoms with E-state index in [0.717, 1.165) is 16.3 Å². The Kier molecular flexibility index (Phi) is 4.89. The van der Waals surface area contributed by atoms with E-state index in [4.69, 9.17) is 0 Å². The van der Waals surface area contributed by atoms with Gasteiger partial charge in [0.1, 0.15) is 11.5 Å². The monoisotopic (exact) mass is 333 g/mol. The number of aromatic nitrogens is 1. The van der Waals surface area contributed by atoms with Crippen LogP contribution in [0.5, 0.6) is 0 Å². The topological polar surface area (TPSA) is 56.1 Å². The standard InChI is InChI=1S/C21H19NO3/c1-15(24)11-18(12-16-7-3-2-4-8-16)22-13-17-9-5-6-10-19(17)21(22)20(25)14-23/h2-10,13-14,18H,11-12H2,1H3. The Bertz CT molecular complexity index is 925. The van der Waals surface area contributed by atoms with E-state index in [2.05, 4.69) is 0 Å². The summed E-state index contributed by atoms with van der Waals surface area (Å²) < 4.78 is 1.80. The van der Waals surface area contributed by atoms with Gasteiger partial charge in [0, 0.05) is 29.4 Å². The largest absolute Gasteiger partial charge is 0.340 e. The molecule has 0 amide bonds. The van der Waals surface area contributed by atoms with Crippen molar-refractivity contribution < 1.29 is 14.4 Å². The first-order valence-electron chi connectivity index (χ1n) is 8.22. The highest BCUT2D eigenvalue weighted by Gasteiger charge is 2.23. The Morgan fingerprint density at radius 3 is 2.40 bits per heavy atom. The smallest absolute Gasteiger partial charge is 0.242 e. The third-order valence-electron chi connectivity index (χ3n) is 4.32. The highest BCUT2D eigenvalue weighted by Crippen LogP contribution is 2.28. The predicted molar refractivity (Wildman–Crippen MR) is 96.8 cm³/mol. The molecule has 0 saturated heterocycles. The van der Waals surface area contributed by atoms with Gasteiger partial charge in [-0.1, -0.05) is 54.6 Å². The fourth-order valence-electron chi connectivity index (χ4n) is 3.27. The number of carbonyl (C=O) groups excluding carboxylic acids is 3. The first kappa shape index (κ1) is 16.8. The van der Waals surface area contributed by atoms with Gasteiger partial charge in [0.15, 0.2) is 6.29 Å². The number of carbonyl (C=O) groups is 3. The van der Waals surface area contributed by atoms with Crippen LogP contribution in [0.25, 0.3) is 10.8 Å². The van der Waals surface area contributed by atoms with Crippen LogP contribution in [0.4, 0.5) is 0 Å². The van der Waals surface area contributed by atoms with Gasteiger partial charge in [-0.15, -0.1) is 0 Å². The zero-order valence-corrected chi connectivity index (χ0v) is 14.0. The zero-order valence-electron chi connectivity index (χ0n) is 14.0. The molecule has 1 aromatic heterocycles. The quantitative estimate of drug-likeness (QED) is 0.375. The minimum atomic E-state index is -0.567. The van der Waals surface area contributed by atoms with Gasteiger partial charge in [-0.2, -0.15) is 0 Å². The molecule has 0 bridgehead atoms. The fourth-order valence-corrected chi connectivity index (χ4v) is 3.27. The third kappa shape index (κ3) is 3.58. The lowest BCUT2D eigenvalue weighted by Gasteiger charge is -2.20. The van der Waals surface area contributed by atoms with Crippen LogP contribution in [0.3, 0.4) is 0 Å². The first-order valence-corrected chi connectivity index (χ1v) is 8.22. The molecule has 25 heavy (non-hydrogen) atoms. The summed E-state index contributed by atoms with van der Waals surface area (Å²) in [6, 6.07) is 17.1. The van der Waals surface area contributed by atoms with E-state index < -0.39 is 5.78 Å². The van der Waals surface area contributed by atoms with Crippen LogP contribution in [0.15, 0.2) is 60.8 Å². The minimum absolute atomic E-state index is 0.0446. The number of hydrogen-bond acceptors (Lipinski definition) is 3. The highest BCUT2D eigenvalue weighted by molar-refractivity contribution is 6.35. The summed E-state index contributed by atoms with van der Waals surface area (Å²) >= 11 is 0. The Morgan fingerprint density at radius 1 is 1.04 bits per heavy atom. The molecular formula is C21H19NO3. The van der Waals surface area contributed by atoms with Crippen LogP contribution in [0.2, 0.25) is 0 Å². The molecule has 3 aromatic rings. The van der Waals surface area contributed by atoms with Crippen molar-refractivity contribution in [2.45, 2.75) is 25.8 Å². The number of fused-ring (bicyclic) bond motifs is 1. The van der Waals surface area contributed by atoms with Crippen LogP contribution in [-0.4, -0.2) is 22.4 Å². The van der Waals surface area contributed by atoms with E-state index >= 15 is 0 Å². The van der Waals surface area contributed by atoms with Crippen LogP contribution in [0, 0.1) is 0 Å². The van der Waals surface area contributed by atoms with Gasteiger partial charge in [0.25, 0.3) is 0 Å². The molecule has 4 heteroatoms. The average molecular weight is 333 g/mol. The molecule has 126 valence electrons. The summed E-state index contributed by atoms with van der Waals surface area (Å²) in [6.45, 7) is 1.54. The number of rotatable bonds is 7. The van der Waals surface area contributed by atoms with Gasteiger partial charge in [-0.3, -0.25) is 14.4 Å². The number of nitrogens with zero attached hydrogens (tertiary/aromatic N) is 1. The molecule has 4 nitrogen and oxygen atoms in total. The van der Waals surface area contributed by atoms with E-state index in [1.54, 1.807) is 11.5 Å². The van der Waals surface area contributed by atoms with Gasteiger partial charge >= 0.3 is 0 Å².